The van der Waals surface area contributed by atoms with Gasteiger partial charge in [-0.2, -0.15) is 0 Å². The summed E-state index contributed by atoms with van der Waals surface area (Å²) in [6, 6.07) is 5.75. The lowest BCUT2D eigenvalue weighted by Crippen LogP contribution is -2.34. The van der Waals surface area contributed by atoms with E-state index in [4.69, 9.17) is 4.74 Å². The van der Waals surface area contributed by atoms with Gasteiger partial charge in [0, 0.05) is 18.0 Å². The van der Waals surface area contributed by atoms with Crippen molar-refractivity contribution in [2.75, 3.05) is 5.32 Å². The van der Waals surface area contributed by atoms with Crippen molar-refractivity contribution in [1.82, 2.24) is 5.32 Å². The number of carbonyl (C=O) groups excluding carboxylic acids is 1. The third-order valence-corrected chi connectivity index (χ3v) is 2.76. The van der Waals surface area contributed by atoms with Crippen molar-refractivity contribution in [1.29, 1.82) is 0 Å². The van der Waals surface area contributed by atoms with E-state index in [-0.39, 0.29) is 17.7 Å². The van der Waals surface area contributed by atoms with Gasteiger partial charge in [-0.15, -0.1) is 0 Å². The van der Waals surface area contributed by atoms with Crippen LogP contribution in [0.4, 0.5) is 10.5 Å². The van der Waals surface area contributed by atoms with Crippen molar-refractivity contribution >= 4 is 11.7 Å². The van der Waals surface area contributed by atoms with Crippen LogP contribution in [0.15, 0.2) is 18.2 Å². The second-order valence-electron chi connectivity index (χ2n) is 5.59. The Balaban J connectivity index is 2.17. The Labute approximate surface area is 108 Å². The van der Waals surface area contributed by atoms with Crippen LogP contribution in [0, 0.1) is 0 Å². The maximum Gasteiger partial charge on any atom is 0.319 e. The molecule has 2 rings (SSSR count). The van der Waals surface area contributed by atoms with E-state index in [2.05, 4.69) is 10.6 Å². The quantitative estimate of drug-likeness (QED) is 0.845. The number of nitrogens with one attached hydrogen (secondary N) is 2. The van der Waals surface area contributed by atoms with Crippen LogP contribution < -0.4 is 15.4 Å². The van der Waals surface area contributed by atoms with Gasteiger partial charge in [0.1, 0.15) is 11.4 Å². The van der Waals surface area contributed by atoms with Gasteiger partial charge in [0.15, 0.2) is 0 Å². The molecular formula is C14H20N2O2. The highest BCUT2D eigenvalue weighted by molar-refractivity contribution is 5.91. The number of benzene rings is 1. The number of amides is 2. The molecule has 0 radical (unpaired) electrons. The van der Waals surface area contributed by atoms with E-state index in [0.29, 0.717) is 0 Å². The van der Waals surface area contributed by atoms with Gasteiger partial charge in [-0.3, -0.25) is 0 Å². The minimum absolute atomic E-state index is 0.110. The van der Waals surface area contributed by atoms with Crippen LogP contribution in [0.2, 0.25) is 0 Å². The third-order valence-electron chi connectivity index (χ3n) is 2.76. The maximum absolute atomic E-state index is 11.7. The molecule has 1 heterocycles. The van der Waals surface area contributed by atoms with E-state index in [1.807, 2.05) is 45.9 Å². The fraction of sp³-hybridized carbons (Fsp3) is 0.500. The molecular weight excluding hydrogens is 228 g/mol. The first-order valence-electron chi connectivity index (χ1n) is 6.26. The third kappa shape index (κ3) is 2.75. The number of rotatable bonds is 2. The second kappa shape index (κ2) is 4.52. The number of ether oxygens (including phenoxy) is 1. The topological polar surface area (TPSA) is 50.4 Å². The molecule has 4 heteroatoms. The molecule has 18 heavy (non-hydrogen) atoms. The fourth-order valence-electron chi connectivity index (χ4n) is 2.13. The lowest BCUT2D eigenvalue weighted by molar-refractivity contribution is 0.139. The zero-order valence-corrected chi connectivity index (χ0v) is 11.3. The minimum atomic E-state index is -0.202. The highest BCUT2D eigenvalue weighted by Gasteiger charge is 2.31. The maximum atomic E-state index is 11.7. The monoisotopic (exact) mass is 248 g/mol. The Kier molecular flexibility index (Phi) is 3.20. The summed E-state index contributed by atoms with van der Waals surface area (Å²) in [6.07, 6.45) is 0.865. The summed E-state index contributed by atoms with van der Waals surface area (Å²) in [6.45, 7) is 7.94. The van der Waals surface area contributed by atoms with Gasteiger partial charge >= 0.3 is 6.03 Å². The Morgan fingerprint density at radius 2 is 2.11 bits per heavy atom. The molecule has 0 fully saturated rings. The van der Waals surface area contributed by atoms with Crippen molar-refractivity contribution in [2.24, 2.45) is 0 Å². The molecule has 98 valence electrons. The lowest BCUT2D eigenvalue weighted by Gasteiger charge is -2.18. The first-order valence-corrected chi connectivity index (χ1v) is 6.26. The molecule has 0 unspecified atom stereocenters. The number of para-hydroxylation sites is 1. The molecule has 0 bridgehead atoms. The van der Waals surface area contributed by atoms with Crippen molar-refractivity contribution in [3.63, 3.8) is 0 Å². The Morgan fingerprint density at radius 3 is 2.78 bits per heavy atom. The van der Waals surface area contributed by atoms with E-state index >= 15 is 0 Å². The molecule has 1 aromatic carbocycles. The average Bonchev–Trinajstić information content (AvgIpc) is 2.52. The van der Waals surface area contributed by atoms with E-state index < -0.39 is 0 Å². The molecule has 1 aromatic rings. The van der Waals surface area contributed by atoms with Crippen LogP contribution >= 0.6 is 0 Å². The van der Waals surface area contributed by atoms with E-state index in [1.54, 1.807) is 0 Å². The zero-order valence-electron chi connectivity index (χ0n) is 11.3. The lowest BCUT2D eigenvalue weighted by atomic mass is 10.0. The van der Waals surface area contributed by atoms with Crippen LogP contribution in [-0.4, -0.2) is 17.7 Å². The number of carbonyl (C=O) groups is 1. The van der Waals surface area contributed by atoms with Crippen molar-refractivity contribution in [3.05, 3.63) is 23.8 Å². The summed E-state index contributed by atoms with van der Waals surface area (Å²) in [4.78, 5) is 11.7. The Hall–Kier alpha value is -1.71. The number of urea groups is 1. The molecule has 0 spiro atoms. The highest BCUT2D eigenvalue weighted by Crippen LogP contribution is 2.40. The predicted octanol–water partition coefficient (Wildman–Crippen LogP) is 2.93. The molecule has 4 nitrogen and oxygen atoms in total. The van der Waals surface area contributed by atoms with Crippen LogP contribution in [0.3, 0.4) is 0 Å². The van der Waals surface area contributed by atoms with Gasteiger partial charge in [-0.1, -0.05) is 12.1 Å². The van der Waals surface area contributed by atoms with Crippen molar-refractivity contribution in [2.45, 2.75) is 45.8 Å². The standard InChI is InChI=1S/C14H20N2O2/c1-9(2)15-13(17)16-11-7-5-6-10-8-14(3,4)18-12(10)11/h5-7,9H,8H2,1-4H3,(H2,15,16,17). The normalized spacial score (nSPS) is 16.1. The van der Waals surface area contributed by atoms with E-state index in [0.717, 1.165) is 23.4 Å². The Bertz CT molecular complexity index is 467. The van der Waals surface area contributed by atoms with Crippen molar-refractivity contribution < 1.29 is 9.53 Å². The first-order chi connectivity index (χ1) is 8.37. The number of hydrogen-bond donors (Lipinski definition) is 2. The molecule has 0 aromatic heterocycles. The minimum Gasteiger partial charge on any atom is -0.485 e. The first kappa shape index (κ1) is 12.7. The summed E-state index contributed by atoms with van der Waals surface area (Å²) < 4.78 is 5.89. The van der Waals surface area contributed by atoms with Gasteiger partial charge in [0.05, 0.1) is 5.69 Å². The van der Waals surface area contributed by atoms with Gasteiger partial charge in [-0.05, 0) is 33.8 Å². The summed E-state index contributed by atoms with van der Waals surface area (Å²) in [5.74, 6) is 0.793. The second-order valence-corrected chi connectivity index (χ2v) is 5.59. The smallest absolute Gasteiger partial charge is 0.319 e. The number of hydrogen-bond acceptors (Lipinski definition) is 2. The Morgan fingerprint density at radius 1 is 1.39 bits per heavy atom. The van der Waals surface area contributed by atoms with Crippen LogP contribution in [0.5, 0.6) is 5.75 Å². The fourth-order valence-corrected chi connectivity index (χ4v) is 2.13. The summed E-state index contributed by atoms with van der Waals surface area (Å²) in [7, 11) is 0. The molecule has 0 saturated carbocycles. The average molecular weight is 248 g/mol. The van der Waals surface area contributed by atoms with Crippen molar-refractivity contribution in [3.8, 4) is 5.75 Å². The van der Waals surface area contributed by atoms with E-state index in [1.165, 1.54) is 0 Å². The van der Waals surface area contributed by atoms with Crippen LogP contribution in [0.25, 0.3) is 0 Å². The molecule has 2 N–H and O–H groups in total. The molecule has 0 atom stereocenters. The summed E-state index contributed by atoms with van der Waals surface area (Å²) in [5.41, 5.74) is 1.67. The predicted molar refractivity (Wildman–Crippen MR) is 72.1 cm³/mol. The molecule has 0 aliphatic carbocycles. The van der Waals surface area contributed by atoms with Gasteiger partial charge in [0.2, 0.25) is 0 Å². The van der Waals surface area contributed by atoms with Gasteiger partial charge < -0.3 is 15.4 Å². The van der Waals surface area contributed by atoms with E-state index in [9.17, 15) is 4.79 Å². The molecule has 1 aliphatic heterocycles. The number of anilines is 1. The van der Waals surface area contributed by atoms with Crippen LogP contribution in [0.1, 0.15) is 33.3 Å². The van der Waals surface area contributed by atoms with Gasteiger partial charge in [-0.25, -0.2) is 4.79 Å². The highest BCUT2D eigenvalue weighted by atomic mass is 16.5. The molecule has 1 aliphatic rings. The zero-order chi connectivity index (χ0) is 13.3. The van der Waals surface area contributed by atoms with Gasteiger partial charge in [0.25, 0.3) is 0 Å². The SMILES string of the molecule is CC(C)NC(=O)Nc1cccc2c1OC(C)(C)C2. The molecule has 2 amide bonds. The summed E-state index contributed by atoms with van der Waals surface area (Å²) >= 11 is 0. The van der Waals surface area contributed by atoms with Crippen LogP contribution in [-0.2, 0) is 6.42 Å². The molecule has 0 saturated heterocycles. The summed E-state index contributed by atoms with van der Waals surface area (Å²) in [5, 5.41) is 5.63. The largest absolute Gasteiger partial charge is 0.485 e. The number of fused-ring (bicyclic) bond motifs is 1.